The summed E-state index contributed by atoms with van der Waals surface area (Å²) in [5.41, 5.74) is 11.1. The molecule has 0 aromatic heterocycles. The molecule has 0 aliphatic heterocycles. The predicted molar refractivity (Wildman–Crippen MR) is 201 cm³/mol. The van der Waals surface area contributed by atoms with Gasteiger partial charge in [-0.2, -0.15) is 0 Å². The van der Waals surface area contributed by atoms with Gasteiger partial charge < -0.3 is 10.6 Å². The molecule has 2 aromatic carbocycles. The van der Waals surface area contributed by atoms with Crippen LogP contribution < -0.4 is 0 Å². The van der Waals surface area contributed by atoms with Gasteiger partial charge in [-0.15, -0.1) is 0 Å². The van der Waals surface area contributed by atoms with Gasteiger partial charge in [0.05, 0.1) is 5.76 Å². The second kappa shape index (κ2) is 16.0. The molecule has 4 heteroatoms. The van der Waals surface area contributed by atoms with E-state index in [4.69, 9.17) is 3.50 Å². The fourth-order valence-electron chi connectivity index (χ4n) is 7.41. The van der Waals surface area contributed by atoms with Crippen molar-refractivity contribution in [2.75, 3.05) is 0 Å². The number of aliphatic hydroxyl groups excluding tert-OH is 1. The van der Waals surface area contributed by atoms with E-state index in [1.54, 1.807) is 5.57 Å². The van der Waals surface area contributed by atoms with Gasteiger partial charge in [0.2, 0.25) is 0 Å². The van der Waals surface area contributed by atoms with E-state index in [0.29, 0.717) is 29.4 Å². The van der Waals surface area contributed by atoms with Gasteiger partial charge in [-0.25, -0.2) is 0 Å². The standard InChI is InChI=1S/C25H42O.C10H12.C8H9N.Mo.H2O/c1-14-12-19(24(6,7)8)18(5)21(16(14)3)22-17(4)15(2)13-20(23(22)26)25(9,10)11;1-10(2,3)9-7-5-4-6-8-9;1-6-4-3-5-7(2)8(6)9;;/h12,14,16,18,20-21,26H,13H2,1-11H3;1,4-8H,2-3H3;3-5H,1-2H3;;1H2/t14-,16-,18?,20-,21-;;;;/m0..../s1. The van der Waals surface area contributed by atoms with Crippen LogP contribution in [0.4, 0.5) is 5.69 Å². The van der Waals surface area contributed by atoms with Crippen LogP contribution in [0.25, 0.3) is 0 Å². The summed E-state index contributed by atoms with van der Waals surface area (Å²) in [4.78, 5) is 0. The van der Waals surface area contributed by atoms with E-state index in [9.17, 15) is 5.11 Å². The summed E-state index contributed by atoms with van der Waals surface area (Å²) in [5.74, 6) is 2.82. The van der Waals surface area contributed by atoms with E-state index >= 15 is 0 Å². The van der Waals surface area contributed by atoms with Crippen LogP contribution in [0.1, 0.15) is 113 Å². The van der Waals surface area contributed by atoms with Crippen LogP contribution in [0.5, 0.6) is 0 Å². The molecule has 1 unspecified atom stereocenters. The predicted octanol–water partition coefficient (Wildman–Crippen LogP) is 11.9. The Morgan fingerprint density at radius 1 is 0.809 bits per heavy atom. The van der Waals surface area contributed by atoms with E-state index < -0.39 is 17.9 Å². The van der Waals surface area contributed by atoms with Gasteiger partial charge in [-0.3, -0.25) is 0 Å². The van der Waals surface area contributed by atoms with Crippen LogP contribution in [0, 0.1) is 54.3 Å². The van der Waals surface area contributed by atoms with Crippen LogP contribution >= 0.6 is 0 Å². The molecule has 4 rings (SSSR count). The molecule has 5 atom stereocenters. The van der Waals surface area contributed by atoms with E-state index in [1.807, 2.05) is 0 Å². The molecule has 2 aromatic rings. The van der Waals surface area contributed by atoms with Gasteiger partial charge in [-0.05, 0) is 65.9 Å². The Morgan fingerprint density at radius 3 is 1.87 bits per heavy atom. The Kier molecular flexibility index (Phi) is 13.9. The zero-order chi connectivity index (χ0) is 34.8. The van der Waals surface area contributed by atoms with E-state index in [1.165, 1.54) is 39.1 Å². The summed E-state index contributed by atoms with van der Waals surface area (Å²) in [6.45, 7) is 34.2. The second-order valence-electron chi connectivity index (χ2n) is 16.9. The van der Waals surface area contributed by atoms with Crippen LogP contribution in [0.2, 0.25) is 0 Å². The third kappa shape index (κ3) is 9.69. The number of nitrogens with zero attached hydrogens (tertiary/aromatic N) is 1. The van der Waals surface area contributed by atoms with E-state index in [2.05, 4.69) is 163 Å². The van der Waals surface area contributed by atoms with Gasteiger partial charge in [0.1, 0.15) is 0 Å². The Morgan fingerprint density at radius 2 is 1.36 bits per heavy atom. The van der Waals surface area contributed by atoms with Crippen LogP contribution in [0.3, 0.4) is 0 Å². The minimum Gasteiger partial charge on any atom is -0.412 e. The van der Waals surface area contributed by atoms with Crippen LogP contribution in [-0.4, -0.2) is 15.0 Å². The molecule has 0 saturated carbocycles. The summed E-state index contributed by atoms with van der Waals surface area (Å²) in [5, 5.41) is 11.4. The Balaban J connectivity index is 0.000000330. The largest absolute Gasteiger partial charge is 0.412 e. The number of benzene rings is 2. The first-order valence-corrected chi connectivity index (χ1v) is 19.4. The number of allylic oxidation sites excluding steroid dienone is 6. The van der Waals surface area contributed by atoms with Gasteiger partial charge >= 0.3 is 130 Å². The molecule has 0 fully saturated rings. The molecule has 0 saturated heterocycles. The monoisotopic (exact) mass is 725 g/mol. The maximum absolute atomic E-state index is 11.4. The maximum atomic E-state index is 11.4. The zero-order valence-electron chi connectivity index (χ0n) is 32.2. The van der Waals surface area contributed by atoms with Gasteiger partial charge in [0.15, 0.2) is 0 Å². The number of aliphatic hydroxyl groups is 1. The molecule has 260 valence electrons. The molecule has 0 amide bonds. The topological polar surface area (TPSA) is 64.1 Å². The average Bonchev–Trinajstić information content (AvgIpc) is 2.95. The summed E-state index contributed by atoms with van der Waals surface area (Å²) in [6.07, 6.45) is 3.50. The van der Waals surface area contributed by atoms with Crippen molar-refractivity contribution in [2.45, 2.75) is 116 Å². The van der Waals surface area contributed by atoms with Crippen molar-refractivity contribution in [3.8, 4) is 0 Å². The molecule has 2 aliphatic carbocycles. The fourth-order valence-corrected chi connectivity index (χ4v) is 9.49. The normalized spacial score (nSPS) is 23.6. The van der Waals surface area contributed by atoms with Crippen LogP contribution in [-0.2, 0) is 23.3 Å². The van der Waals surface area contributed by atoms with Crippen molar-refractivity contribution in [2.24, 2.45) is 43.9 Å². The summed E-state index contributed by atoms with van der Waals surface area (Å²) in [6, 6.07) is 17.1. The second-order valence-corrected chi connectivity index (χ2v) is 18.4. The molecule has 0 radical (unpaired) electrons. The molecule has 0 bridgehead atoms. The van der Waals surface area contributed by atoms with Crippen molar-refractivity contribution in [3.63, 3.8) is 0 Å². The van der Waals surface area contributed by atoms with E-state index in [-0.39, 0.29) is 27.6 Å². The van der Waals surface area contributed by atoms with E-state index in [0.717, 1.165) is 6.42 Å². The summed E-state index contributed by atoms with van der Waals surface area (Å²) >= 11 is -0.493. The number of hydrogen-bond donors (Lipinski definition) is 1. The van der Waals surface area contributed by atoms with Gasteiger partial charge in [0, 0.05) is 5.92 Å². The van der Waals surface area contributed by atoms with Crippen molar-refractivity contribution >= 4 is 10.1 Å². The molecule has 3 nitrogen and oxygen atoms in total. The molecular formula is C43H65MoNO2. The maximum Gasteiger partial charge on any atom is -0.412 e. The van der Waals surface area contributed by atoms with Gasteiger partial charge in [0.25, 0.3) is 0 Å². The zero-order valence-corrected chi connectivity index (χ0v) is 34.2. The molecule has 0 heterocycles. The minimum atomic E-state index is -0.493. The first-order chi connectivity index (χ1) is 21.2. The summed E-state index contributed by atoms with van der Waals surface area (Å²) in [7, 11) is 0. The Hall–Kier alpha value is -2.22. The average molecular weight is 724 g/mol. The fraction of sp³-hybridized carbons (Fsp3) is 0.558. The SMILES string of the molecule is CC1=C(C)C([C@@H]2C(C)C(C(C)(C)C)=C[C@H](C)[C@@H]2C)=C(O)[C@@H](C(C)(C)C)C1.Cc1cccc(C)c1[N]=[Mo]=[CH]C(C)(C)c1ccccc1.O. The Bertz CT molecular complexity index is 1520. The molecule has 0 spiro atoms. The minimum absolute atomic E-state index is 0. The smallest absolute Gasteiger partial charge is 0.412 e. The third-order valence-corrected chi connectivity index (χ3v) is 13.1. The van der Waals surface area contributed by atoms with Crippen molar-refractivity contribution < 1.29 is 28.5 Å². The van der Waals surface area contributed by atoms with Crippen molar-refractivity contribution in [1.82, 2.24) is 0 Å². The van der Waals surface area contributed by atoms with Gasteiger partial charge in [-0.1, -0.05) is 79.5 Å². The Labute approximate surface area is 296 Å². The first kappa shape index (κ1) is 41.0. The first-order valence-electron chi connectivity index (χ1n) is 17.3. The molecular weight excluding hydrogens is 658 g/mol. The van der Waals surface area contributed by atoms with Crippen LogP contribution in [0.15, 0.2) is 86.2 Å². The van der Waals surface area contributed by atoms with Crippen molar-refractivity contribution in [3.05, 3.63) is 99.3 Å². The number of rotatable bonds is 4. The summed E-state index contributed by atoms with van der Waals surface area (Å²) < 4.78 is 7.31. The number of hydrogen-bond acceptors (Lipinski definition) is 2. The quantitative estimate of drug-likeness (QED) is 0.248. The van der Waals surface area contributed by atoms with Crippen molar-refractivity contribution in [1.29, 1.82) is 0 Å². The number of aryl methyl sites for hydroxylation is 2. The molecule has 2 aliphatic rings. The molecule has 3 N–H and O–H groups in total. The molecule has 47 heavy (non-hydrogen) atoms. The third-order valence-electron chi connectivity index (χ3n) is 10.7.